The molecule has 0 saturated carbocycles. The fourth-order valence-corrected chi connectivity index (χ4v) is 1.92. The van der Waals surface area contributed by atoms with E-state index in [1.807, 2.05) is 6.07 Å². The van der Waals surface area contributed by atoms with Crippen molar-refractivity contribution >= 4 is 5.97 Å². The Morgan fingerprint density at radius 1 is 1.23 bits per heavy atom. The highest BCUT2D eigenvalue weighted by Gasteiger charge is 2.13. The first kappa shape index (κ1) is 15.5. The molecule has 2 aromatic carbocycles. The lowest BCUT2D eigenvalue weighted by Crippen LogP contribution is -2.09. The van der Waals surface area contributed by atoms with Gasteiger partial charge < -0.3 is 14.6 Å². The summed E-state index contributed by atoms with van der Waals surface area (Å²) >= 11 is 0. The predicted octanol–water partition coefficient (Wildman–Crippen LogP) is 2.42. The van der Waals surface area contributed by atoms with Gasteiger partial charge in [-0.05, 0) is 35.4 Å². The first-order chi connectivity index (χ1) is 10.7. The Morgan fingerprint density at radius 3 is 2.55 bits per heavy atom. The van der Waals surface area contributed by atoms with Crippen LogP contribution in [0.15, 0.2) is 42.5 Å². The molecule has 0 saturated heterocycles. The number of aliphatic hydroxyl groups is 1. The summed E-state index contributed by atoms with van der Waals surface area (Å²) in [7, 11) is 1.58. The lowest BCUT2D eigenvalue weighted by Gasteiger charge is -2.09. The fourth-order valence-electron chi connectivity index (χ4n) is 1.92. The third-order valence-electron chi connectivity index (χ3n) is 3.16. The molecule has 1 N–H and O–H groups in total. The topological polar surface area (TPSA) is 79.5 Å². The number of carbonyl (C=O) groups excluding carboxylic acids is 1. The third kappa shape index (κ3) is 3.62. The number of aliphatic hydroxyl groups excluding tert-OH is 1. The quantitative estimate of drug-likeness (QED) is 0.857. The number of methoxy groups -OCH3 is 1. The molecule has 5 nitrogen and oxygen atoms in total. The van der Waals surface area contributed by atoms with Gasteiger partial charge in [-0.3, -0.25) is 0 Å². The van der Waals surface area contributed by atoms with E-state index in [9.17, 15) is 9.90 Å². The summed E-state index contributed by atoms with van der Waals surface area (Å²) in [6.07, 6.45) is 0. The lowest BCUT2D eigenvalue weighted by atomic mass is 10.1. The number of ether oxygens (including phenoxy) is 2. The van der Waals surface area contributed by atoms with E-state index in [0.29, 0.717) is 11.1 Å². The van der Waals surface area contributed by atoms with E-state index in [1.165, 1.54) is 6.07 Å². The first-order valence-corrected chi connectivity index (χ1v) is 6.62. The number of benzene rings is 2. The van der Waals surface area contributed by atoms with Gasteiger partial charge in [0.25, 0.3) is 0 Å². The van der Waals surface area contributed by atoms with Gasteiger partial charge in [-0.1, -0.05) is 18.2 Å². The van der Waals surface area contributed by atoms with Crippen LogP contribution in [0, 0.1) is 11.3 Å². The van der Waals surface area contributed by atoms with Crippen LogP contribution in [0.3, 0.4) is 0 Å². The van der Waals surface area contributed by atoms with Gasteiger partial charge >= 0.3 is 5.97 Å². The van der Waals surface area contributed by atoms with Gasteiger partial charge in [0.2, 0.25) is 0 Å². The Labute approximate surface area is 128 Å². The number of nitriles is 1. The number of hydrogen-bond acceptors (Lipinski definition) is 5. The van der Waals surface area contributed by atoms with E-state index in [2.05, 4.69) is 0 Å². The van der Waals surface area contributed by atoms with Crippen LogP contribution in [0.4, 0.5) is 0 Å². The van der Waals surface area contributed by atoms with E-state index in [0.717, 1.165) is 11.3 Å². The van der Waals surface area contributed by atoms with Gasteiger partial charge in [-0.25, -0.2) is 4.79 Å². The molecule has 112 valence electrons. The molecule has 0 heterocycles. The van der Waals surface area contributed by atoms with Gasteiger partial charge in [0, 0.05) is 0 Å². The molecule has 22 heavy (non-hydrogen) atoms. The number of hydrogen-bond donors (Lipinski definition) is 1. The van der Waals surface area contributed by atoms with Crippen LogP contribution in [0.2, 0.25) is 0 Å². The largest absolute Gasteiger partial charge is 0.497 e. The molecule has 2 aromatic rings. The van der Waals surface area contributed by atoms with Crippen molar-refractivity contribution in [3.05, 3.63) is 64.7 Å². The molecule has 0 radical (unpaired) electrons. The number of esters is 1. The molecule has 0 aliphatic rings. The van der Waals surface area contributed by atoms with Crippen LogP contribution >= 0.6 is 0 Å². The van der Waals surface area contributed by atoms with E-state index < -0.39 is 5.97 Å². The summed E-state index contributed by atoms with van der Waals surface area (Å²) < 4.78 is 10.3. The van der Waals surface area contributed by atoms with Gasteiger partial charge in [0.05, 0.1) is 30.9 Å². The molecule has 0 fully saturated rings. The summed E-state index contributed by atoms with van der Waals surface area (Å²) in [5.41, 5.74) is 1.79. The Morgan fingerprint density at radius 2 is 1.95 bits per heavy atom. The summed E-state index contributed by atoms with van der Waals surface area (Å²) in [5.74, 6) is 0.149. The molecule has 2 rings (SSSR count). The number of rotatable bonds is 5. The summed E-state index contributed by atoms with van der Waals surface area (Å²) in [6, 6.07) is 13.6. The highest BCUT2D eigenvalue weighted by Crippen LogP contribution is 2.16. The van der Waals surface area contributed by atoms with Crippen molar-refractivity contribution in [2.45, 2.75) is 13.2 Å². The van der Waals surface area contributed by atoms with Crippen LogP contribution in [0.25, 0.3) is 0 Å². The molecular weight excluding hydrogens is 282 g/mol. The van der Waals surface area contributed by atoms with Crippen LogP contribution in [0.5, 0.6) is 5.75 Å². The van der Waals surface area contributed by atoms with Crippen molar-refractivity contribution in [1.29, 1.82) is 5.26 Å². The Bertz CT molecular complexity index is 702. The zero-order valence-corrected chi connectivity index (χ0v) is 12.1. The Balaban J connectivity index is 2.10. The molecule has 0 amide bonds. The van der Waals surface area contributed by atoms with Crippen molar-refractivity contribution in [3.8, 4) is 11.8 Å². The van der Waals surface area contributed by atoms with Crippen molar-refractivity contribution < 1.29 is 19.4 Å². The molecular formula is C17H15NO4. The number of nitrogens with zero attached hydrogens (tertiary/aromatic N) is 1. The molecule has 0 atom stereocenters. The summed E-state index contributed by atoms with van der Waals surface area (Å²) in [4.78, 5) is 12.1. The van der Waals surface area contributed by atoms with E-state index >= 15 is 0 Å². The second-order valence-electron chi connectivity index (χ2n) is 4.57. The normalized spacial score (nSPS) is 9.86. The van der Waals surface area contributed by atoms with Crippen LogP contribution < -0.4 is 4.74 Å². The average molecular weight is 297 g/mol. The van der Waals surface area contributed by atoms with E-state index in [1.54, 1.807) is 43.5 Å². The maximum absolute atomic E-state index is 12.1. The lowest BCUT2D eigenvalue weighted by molar-refractivity contribution is 0.0469. The molecule has 0 aliphatic carbocycles. The summed E-state index contributed by atoms with van der Waals surface area (Å²) in [5, 5.41) is 18.2. The Kier molecular flexibility index (Phi) is 5.12. The molecule has 0 bridgehead atoms. The fraction of sp³-hybridized carbons (Fsp3) is 0.176. The van der Waals surface area contributed by atoms with Crippen molar-refractivity contribution in [2.75, 3.05) is 7.11 Å². The van der Waals surface area contributed by atoms with E-state index in [4.69, 9.17) is 14.7 Å². The SMILES string of the molecule is COc1ccc(COC(=O)c2cc(C#N)ccc2CO)cc1. The minimum atomic E-state index is -0.572. The molecule has 5 heteroatoms. The number of carbonyl (C=O) groups is 1. The zero-order valence-electron chi connectivity index (χ0n) is 12.1. The second-order valence-corrected chi connectivity index (χ2v) is 4.57. The monoisotopic (exact) mass is 297 g/mol. The average Bonchev–Trinajstić information content (AvgIpc) is 2.59. The van der Waals surface area contributed by atoms with E-state index in [-0.39, 0.29) is 18.8 Å². The molecule has 0 spiro atoms. The maximum atomic E-state index is 12.1. The van der Waals surface area contributed by atoms with Crippen molar-refractivity contribution in [3.63, 3.8) is 0 Å². The smallest absolute Gasteiger partial charge is 0.338 e. The molecule has 0 aliphatic heterocycles. The minimum Gasteiger partial charge on any atom is -0.497 e. The minimum absolute atomic E-state index is 0.102. The first-order valence-electron chi connectivity index (χ1n) is 6.62. The Hall–Kier alpha value is -2.84. The second kappa shape index (κ2) is 7.25. The van der Waals surface area contributed by atoms with Crippen molar-refractivity contribution in [1.82, 2.24) is 0 Å². The van der Waals surface area contributed by atoms with Crippen LogP contribution in [-0.2, 0) is 18.0 Å². The van der Waals surface area contributed by atoms with Gasteiger partial charge in [0.1, 0.15) is 12.4 Å². The van der Waals surface area contributed by atoms with Crippen LogP contribution in [0.1, 0.15) is 27.0 Å². The zero-order chi connectivity index (χ0) is 15.9. The standard InChI is InChI=1S/C17H15NO4/c1-21-15-6-3-12(4-7-15)11-22-17(20)16-8-13(9-18)2-5-14(16)10-19/h2-8,19H,10-11H2,1H3. The summed E-state index contributed by atoms with van der Waals surface area (Å²) in [6.45, 7) is -0.191. The predicted molar refractivity (Wildman–Crippen MR) is 79.2 cm³/mol. The highest BCUT2D eigenvalue weighted by atomic mass is 16.5. The molecule has 0 unspecified atom stereocenters. The van der Waals surface area contributed by atoms with Gasteiger partial charge in [0.15, 0.2) is 0 Å². The van der Waals surface area contributed by atoms with Crippen LogP contribution in [-0.4, -0.2) is 18.2 Å². The highest BCUT2D eigenvalue weighted by molar-refractivity contribution is 5.91. The van der Waals surface area contributed by atoms with Gasteiger partial charge in [-0.2, -0.15) is 5.26 Å². The van der Waals surface area contributed by atoms with Crippen molar-refractivity contribution in [2.24, 2.45) is 0 Å². The van der Waals surface area contributed by atoms with Gasteiger partial charge in [-0.15, -0.1) is 0 Å². The maximum Gasteiger partial charge on any atom is 0.338 e. The molecule has 0 aromatic heterocycles. The third-order valence-corrected chi connectivity index (χ3v) is 3.16.